The van der Waals surface area contributed by atoms with Crippen molar-refractivity contribution in [2.75, 3.05) is 6.54 Å². The molecule has 0 spiro atoms. The van der Waals surface area contributed by atoms with Gasteiger partial charge < -0.3 is 9.64 Å². The number of amides is 1. The van der Waals surface area contributed by atoms with Crippen LogP contribution in [0.15, 0.2) is 48.5 Å². The van der Waals surface area contributed by atoms with E-state index in [0.717, 1.165) is 5.56 Å². The lowest BCUT2D eigenvalue weighted by Crippen LogP contribution is -2.33. The highest BCUT2D eigenvalue weighted by Gasteiger charge is 2.24. The van der Waals surface area contributed by atoms with Gasteiger partial charge in [-0.05, 0) is 43.7 Å². The molecule has 4 nitrogen and oxygen atoms in total. The van der Waals surface area contributed by atoms with Crippen LogP contribution < -0.4 is 4.74 Å². The van der Waals surface area contributed by atoms with E-state index < -0.39 is 12.5 Å². The average molecular weight is 344 g/mol. The Hall–Kier alpha value is -2.94. The Bertz CT molecular complexity index is 770. The van der Waals surface area contributed by atoms with Gasteiger partial charge in [-0.2, -0.15) is 14.0 Å². The molecule has 0 N–H and O–H groups in total. The summed E-state index contributed by atoms with van der Waals surface area (Å²) >= 11 is 0. The maximum atomic E-state index is 12.9. The van der Waals surface area contributed by atoms with Crippen molar-refractivity contribution < 1.29 is 18.3 Å². The van der Waals surface area contributed by atoms with E-state index in [1.54, 1.807) is 35.2 Å². The third-order valence-electron chi connectivity index (χ3n) is 3.92. The fourth-order valence-corrected chi connectivity index (χ4v) is 2.61. The number of ether oxygens (including phenoxy) is 1. The fraction of sp³-hybridized carbons (Fsp3) is 0.263. The van der Waals surface area contributed by atoms with Gasteiger partial charge in [0.25, 0.3) is 5.91 Å². The van der Waals surface area contributed by atoms with Gasteiger partial charge >= 0.3 is 6.61 Å². The summed E-state index contributed by atoms with van der Waals surface area (Å²) in [5.41, 5.74) is 1.47. The first-order chi connectivity index (χ1) is 12.0. The Kier molecular flexibility index (Phi) is 6.07. The minimum atomic E-state index is -3.00. The van der Waals surface area contributed by atoms with Crippen molar-refractivity contribution in [2.24, 2.45) is 0 Å². The van der Waals surface area contributed by atoms with Crippen LogP contribution in [0.1, 0.15) is 41.4 Å². The number of alkyl halides is 2. The predicted octanol–water partition coefficient (Wildman–Crippen LogP) is 4.38. The SMILES string of the molecule is CCN(C(=O)c1ccccc1OC(F)F)C(C)c1ccc(C#N)cc1. The molecule has 0 fully saturated rings. The Morgan fingerprint density at radius 3 is 2.40 bits per heavy atom. The van der Waals surface area contributed by atoms with E-state index in [1.165, 1.54) is 18.2 Å². The largest absolute Gasteiger partial charge is 0.434 e. The van der Waals surface area contributed by atoms with E-state index in [2.05, 4.69) is 4.74 Å². The number of rotatable bonds is 6. The van der Waals surface area contributed by atoms with Gasteiger partial charge in [0.1, 0.15) is 5.75 Å². The monoisotopic (exact) mass is 344 g/mol. The molecule has 0 aliphatic carbocycles. The Morgan fingerprint density at radius 2 is 1.84 bits per heavy atom. The lowest BCUT2D eigenvalue weighted by Gasteiger charge is -2.29. The van der Waals surface area contributed by atoms with Crippen molar-refractivity contribution in [1.82, 2.24) is 4.90 Å². The number of benzene rings is 2. The highest BCUT2D eigenvalue weighted by Crippen LogP contribution is 2.27. The van der Waals surface area contributed by atoms with Crippen LogP contribution in [0.5, 0.6) is 5.75 Å². The molecule has 0 aliphatic heterocycles. The van der Waals surface area contributed by atoms with Crippen LogP contribution in [-0.4, -0.2) is 24.0 Å². The van der Waals surface area contributed by atoms with Gasteiger partial charge in [0.05, 0.1) is 23.2 Å². The van der Waals surface area contributed by atoms with Crippen LogP contribution in [0.3, 0.4) is 0 Å². The van der Waals surface area contributed by atoms with Gasteiger partial charge in [-0.15, -0.1) is 0 Å². The summed E-state index contributed by atoms with van der Waals surface area (Å²) in [7, 11) is 0. The van der Waals surface area contributed by atoms with Crippen molar-refractivity contribution in [3.8, 4) is 11.8 Å². The summed E-state index contributed by atoms with van der Waals surface area (Å²) in [4.78, 5) is 14.4. The van der Waals surface area contributed by atoms with E-state index in [1.807, 2.05) is 19.9 Å². The maximum Gasteiger partial charge on any atom is 0.387 e. The number of para-hydroxylation sites is 1. The maximum absolute atomic E-state index is 12.9. The van der Waals surface area contributed by atoms with Crippen LogP contribution >= 0.6 is 0 Å². The number of hydrogen-bond acceptors (Lipinski definition) is 3. The molecule has 2 aromatic rings. The first-order valence-corrected chi connectivity index (χ1v) is 7.82. The summed E-state index contributed by atoms with van der Waals surface area (Å²) in [6.07, 6.45) is 0. The second-order valence-corrected chi connectivity index (χ2v) is 5.38. The number of carbonyl (C=O) groups is 1. The molecule has 1 unspecified atom stereocenters. The van der Waals surface area contributed by atoms with Gasteiger partial charge in [0, 0.05) is 6.54 Å². The van der Waals surface area contributed by atoms with E-state index in [0.29, 0.717) is 12.1 Å². The molecule has 0 saturated carbocycles. The molecule has 0 aromatic heterocycles. The number of nitriles is 1. The van der Waals surface area contributed by atoms with Gasteiger partial charge in [-0.25, -0.2) is 0 Å². The first kappa shape index (κ1) is 18.4. The smallest absolute Gasteiger partial charge is 0.387 e. The molecule has 2 rings (SSSR count). The molecule has 6 heteroatoms. The van der Waals surface area contributed by atoms with Crippen LogP contribution in [0.25, 0.3) is 0 Å². The standard InChI is InChI=1S/C19H18F2N2O2/c1-3-23(13(2)15-10-8-14(12-22)9-11-15)18(24)16-6-4-5-7-17(16)25-19(20)21/h4-11,13,19H,3H2,1-2H3. The molecule has 25 heavy (non-hydrogen) atoms. The predicted molar refractivity (Wildman–Crippen MR) is 89.4 cm³/mol. The summed E-state index contributed by atoms with van der Waals surface area (Å²) in [6.45, 7) is 1.05. The molecule has 0 aliphatic rings. The normalized spacial score (nSPS) is 11.7. The molecule has 130 valence electrons. The first-order valence-electron chi connectivity index (χ1n) is 7.82. The molecule has 0 heterocycles. The van der Waals surface area contributed by atoms with Crippen molar-refractivity contribution in [3.05, 3.63) is 65.2 Å². The van der Waals surface area contributed by atoms with E-state index in [4.69, 9.17) is 5.26 Å². The second kappa shape index (κ2) is 8.25. The van der Waals surface area contributed by atoms with Gasteiger partial charge in [0.2, 0.25) is 0 Å². The summed E-state index contributed by atoms with van der Waals surface area (Å²) < 4.78 is 29.6. The minimum Gasteiger partial charge on any atom is -0.434 e. The van der Waals surface area contributed by atoms with Gasteiger partial charge in [0.15, 0.2) is 0 Å². The average Bonchev–Trinajstić information content (AvgIpc) is 2.62. The van der Waals surface area contributed by atoms with Crippen molar-refractivity contribution >= 4 is 5.91 Å². The number of carbonyl (C=O) groups excluding carboxylic acids is 1. The van der Waals surface area contributed by atoms with Crippen LogP contribution in [-0.2, 0) is 0 Å². The van der Waals surface area contributed by atoms with Crippen molar-refractivity contribution in [3.63, 3.8) is 0 Å². The molecule has 0 radical (unpaired) electrons. The van der Waals surface area contributed by atoms with E-state index in [-0.39, 0.29) is 17.4 Å². The lowest BCUT2D eigenvalue weighted by atomic mass is 10.0. The molecule has 0 bridgehead atoms. The number of halogens is 2. The molecule has 2 aromatic carbocycles. The molecular formula is C19H18F2N2O2. The Labute approximate surface area is 145 Å². The molecule has 1 atom stereocenters. The van der Waals surface area contributed by atoms with E-state index in [9.17, 15) is 13.6 Å². The summed E-state index contributed by atoms with van der Waals surface area (Å²) in [6, 6.07) is 14.6. The van der Waals surface area contributed by atoms with Crippen LogP contribution in [0, 0.1) is 11.3 Å². The van der Waals surface area contributed by atoms with Crippen LogP contribution in [0.2, 0.25) is 0 Å². The highest BCUT2D eigenvalue weighted by atomic mass is 19.3. The van der Waals surface area contributed by atoms with Crippen molar-refractivity contribution in [2.45, 2.75) is 26.5 Å². The zero-order valence-electron chi connectivity index (χ0n) is 13.9. The zero-order valence-corrected chi connectivity index (χ0v) is 13.9. The van der Waals surface area contributed by atoms with Crippen LogP contribution in [0.4, 0.5) is 8.78 Å². The third-order valence-corrected chi connectivity index (χ3v) is 3.92. The summed E-state index contributed by atoms with van der Waals surface area (Å²) in [5.74, 6) is -0.538. The lowest BCUT2D eigenvalue weighted by molar-refractivity contribution is -0.0503. The van der Waals surface area contributed by atoms with Gasteiger partial charge in [-0.1, -0.05) is 24.3 Å². The molecule has 1 amide bonds. The van der Waals surface area contributed by atoms with E-state index >= 15 is 0 Å². The third kappa shape index (κ3) is 4.32. The Morgan fingerprint density at radius 1 is 1.20 bits per heavy atom. The zero-order chi connectivity index (χ0) is 18.4. The fourth-order valence-electron chi connectivity index (χ4n) is 2.61. The molecule has 0 saturated heterocycles. The van der Waals surface area contributed by atoms with Gasteiger partial charge in [-0.3, -0.25) is 4.79 Å². The topological polar surface area (TPSA) is 53.3 Å². The Balaban J connectivity index is 2.30. The summed E-state index contributed by atoms with van der Waals surface area (Å²) in [5, 5.41) is 8.87. The minimum absolute atomic E-state index is 0.0881. The van der Waals surface area contributed by atoms with Crippen molar-refractivity contribution in [1.29, 1.82) is 5.26 Å². The number of nitrogens with zero attached hydrogens (tertiary/aromatic N) is 2. The highest BCUT2D eigenvalue weighted by molar-refractivity contribution is 5.97. The quantitative estimate of drug-likeness (QED) is 0.781. The molecular weight excluding hydrogens is 326 g/mol. The number of hydrogen-bond donors (Lipinski definition) is 0. The second-order valence-electron chi connectivity index (χ2n) is 5.38.